The van der Waals surface area contributed by atoms with Crippen LogP contribution in [0.1, 0.15) is 31.7 Å². The van der Waals surface area contributed by atoms with Crippen molar-refractivity contribution in [2.24, 2.45) is 22.4 Å². The van der Waals surface area contributed by atoms with Crippen LogP contribution >= 0.6 is 0 Å². The van der Waals surface area contributed by atoms with Crippen molar-refractivity contribution in [2.45, 2.75) is 43.9 Å². The van der Waals surface area contributed by atoms with Crippen molar-refractivity contribution < 1.29 is 27.6 Å². The van der Waals surface area contributed by atoms with E-state index in [0.29, 0.717) is 25.8 Å². The molecule has 0 bridgehead atoms. The van der Waals surface area contributed by atoms with Gasteiger partial charge in [-0.05, 0) is 31.7 Å². The molecular weight excluding hydrogens is 415 g/mol. The number of nitrogens with zero attached hydrogens (tertiary/aromatic N) is 2. The van der Waals surface area contributed by atoms with Gasteiger partial charge >= 0.3 is 12.1 Å². The third-order valence-corrected chi connectivity index (χ3v) is 5.39. The third-order valence-electron chi connectivity index (χ3n) is 5.39. The van der Waals surface area contributed by atoms with Gasteiger partial charge in [-0.3, -0.25) is 14.6 Å². The highest BCUT2D eigenvalue weighted by atomic mass is 19.4. The fourth-order valence-electron chi connectivity index (χ4n) is 3.60. The number of carbonyl (C=O) groups is 3. The van der Waals surface area contributed by atoms with Crippen LogP contribution in [0.25, 0.3) is 0 Å². The number of halogens is 3. The Bertz CT molecular complexity index is 827. The van der Waals surface area contributed by atoms with Gasteiger partial charge in [0.2, 0.25) is 0 Å². The normalized spacial score (nSPS) is 18.8. The summed E-state index contributed by atoms with van der Waals surface area (Å²) in [5.41, 5.74) is 8.79. The molecule has 3 atom stereocenters. The van der Waals surface area contributed by atoms with Gasteiger partial charge in [0.25, 0.3) is 5.91 Å². The van der Waals surface area contributed by atoms with Crippen molar-refractivity contribution >= 4 is 24.1 Å². The number of aldehydes is 1. The number of nitrogens with one attached hydrogen (secondary N) is 1. The summed E-state index contributed by atoms with van der Waals surface area (Å²) in [4.78, 5) is 41.8. The van der Waals surface area contributed by atoms with Crippen LogP contribution in [-0.4, -0.2) is 54.3 Å². The first-order chi connectivity index (χ1) is 14.5. The molecule has 0 unspecified atom stereocenters. The van der Waals surface area contributed by atoms with Gasteiger partial charge in [-0.1, -0.05) is 30.3 Å². The number of guanidine groups is 1. The SMILES string of the molecule is C[C@](NC(=O)C(F)(F)F)(C(=O)N1CC[C@H]1[C@@H](C=O)CCCN=C(N)N)c1ccccc1. The Balaban J connectivity index is 2.23. The molecule has 0 saturated carbocycles. The minimum Gasteiger partial charge on any atom is -0.370 e. The lowest BCUT2D eigenvalue weighted by Gasteiger charge is -2.48. The second kappa shape index (κ2) is 9.80. The van der Waals surface area contributed by atoms with E-state index in [9.17, 15) is 27.6 Å². The van der Waals surface area contributed by atoms with Crippen LogP contribution < -0.4 is 16.8 Å². The molecule has 2 rings (SSSR count). The molecule has 170 valence electrons. The highest BCUT2D eigenvalue weighted by Crippen LogP contribution is 2.33. The van der Waals surface area contributed by atoms with Crippen LogP contribution in [0.3, 0.4) is 0 Å². The molecule has 2 amide bonds. The van der Waals surface area contributed by atoms with Crippen LogP contribution in [0, 0.1) is 5.92 Å². The number of hydrogen-bond donors (Lipinski definition) is 3. The van der Waals surface area contributed by atoms with E-state index in [2.05, 4.69) is 4.99 Å². The quantitative estimate of drug-likeness (QED) is 0.228. The Morgan fingerprint density at radius 3 is 2.42 bits per heavy atom. The molecule has 5 N–H and O–H groups in total. The maximum absolute atomic E-state index is 13.3. The molecule has 0 aromatic heterocycles. The van der Waals surface area contributed by atoms with Crippen molar-refractivity contribution in [3.05, 3.63) is 35.9 Å². The van der Waals surface area contributed by atoms with E-state index in [1.165, 1.54) is 24.0 Å². The van der Waals surface area contributed by atoms with Crippen molar-refractivity contribution in [3.63, 3.8) is 0 Å². The monoisotopic (exact) mass is 441 g/mol. The van der Waals surface area contributed by atoms with Gasteiger partial charge in [0.05, 0.1) is 0 Å². The zero-order valence-electron chi connectivity index (χ0n) is 17.1. The largest absolute Gasteiger partial charge is 0.471 e. The van der Waals surface area contributed by atoms with Gasteiger partial charge in [-0.25, -0.2) is 0 Å². The molecule has 1 fully saturated rings. The molecule has 11 heteroatoms. The van der Waals surface area contributed by atoms with Crippen LogP contribution in [0.4, 0.5) is 13.2 Å². The van der Waals surface area contributed by atoms with Gasteiger partial charge < -0.3 is 26.5 Å². The summed E-state index contributed by atoms with van der Waals surface area (Å²) in [5, 5.41) is 1.85. The fourth-order valence-corrected chi connectivity index (χ4v) is 3.60. The first-order valence-electron chi connectivity index (χ1n) is 9.77. The molecule has 1 heterocycles. The van der Waals surface area contributed by atoms with Gasteiger partial charge in [-0.15, -0.1) is 0 Å². The second-order valence-corrected chi connectivity index (χ2v) is 7.55. The molecule has 1 saturated heterocycles. The number of carbonyl (C=O) groups excluding carboxylic acids is 3. The number of hydrogen-bond acceptors (Lipinski definition) is 4. The van der Waals surface area contributed by atoms with Crippen LogP contribution in [0.5, 0.6) is 0 Å². The molecule has 0 aliphatic carbocycles. The van der Waals surface area contributed by atoms with E-state index in [0.717, 1.165) is 6.29 Å². The Hall–Kier alpha value is -3.11. The van der Waals surface area contributed by atoms with Crippen LogP contribution in [0.2, 0.25) is 0 Å². The minimum absolute atomic E-state index is 0.0675. The minimum atomic E-state index is -5.15. The van der Waals surface area contributed by atoms with Crippen molar-refractivity contribution in [1.29, 1.82) is 0 Å². The molecule has 0 radical (unpaired) electrons. The Labute approximate surface area is 177 Å². The number of likely N-dealkylation sites (tertiary alicyclic amines) is 1. The number of amides is 2. The first kappa shape index (κ1) is 24.2. The lowest BCUT2D eigenvalue weighted by atomic mass is 9.82. The summed E-state index contributed by atoms with van der Waals surface area (Å²) in [7, 11) is 0. The summed E-state index contributed by atoms with van der Waals surface area (Å²) in [6.45, 7) is 1.82. The average Bonchev–Trinajstić information content (AvgIpc) is 2.68. The number of aliphatic imine (C=N–C) groups is 1. The zero-order chi connectivity index (χ0) is 23.2. The Morgan fingerprint density at radius 1 is 1.29 bits per heavy atom. The molecule has 8 nitrogen and oxygen atoms in total. The third kappa shape index (κ3) is 5.74. The van der Waals surface area contributed by atoms with E-state index in [1.807, 2.05) is 5.32 Å². The smallest absolute Gasteiger partial charge is 0.370 e. The fraction of sp³-hybridized carbons (Fsp3) is 0.500. The molecule has 1 aromatic rings. The summed E-state index contributed by atoms with van der Waals surface area (Å²) in [6, 6.07) is 7.23. The zero-order valence-corrected chi connectivity index (χ0v) is 17.1. The molecule has 31 heavy (non-hydrogen) atoms. The highest BCUT2D eigenvalue weighted by molar-refractivity contribution is 5.94. The molecule has 0 spiro atoms. The van der Waals surface area contributed by atoms with E-state index in [4.69, 9.17) is 11.5 Å². The Kier molecular flexibility index (Phi) is 7.64. The van der Waals surface area contributed by atoms with Crippen molar-refractivity contribution in [3.8, 4) is 0 Å². The number of nitrogens with two attached hydrogens (primary N) is 2. The predicted molar refractivity (Wildman–Crippen MR) is 108 cm³/mol. The van der Waals surface area contributed by atoms with E-state index in [1.54, 1.807) is 18.2 Å². The maximum atomic E-state index is 13.3. The summed E-state index contributed by atoms with van der Waals surface area (Å²) in [5.74, 6) is -3.51. The lowest BCUT2D eigenvalue weighted by Crippen LogP contribution is -2.64. The average molecular weight is 441 g/mol. The Morgan fingerprint density at radius 2 is 1.94 bits per heavy atom. The van der Waals surface area contributed by atoms with E-state index >= 15 is 0 Å². The lowest BCUT2D eigenvalue weighted by molar-refractivity contribution is -0.178. The van der Waals surface area contributed by atoms with E-state index < -0.39 is 35.5 Å². The summed E-state index contributed by atoms with van der Waals surface area (Å²) < 4.78 is 38.8. The van der Waals surface area contributed by atoms with E-state index in [-0.39, 0.29) is 18.1 Å². The highest BCUT2D eigenvalue weighted by Gasteiger charge is 2.50. The molecular formula is C20H26F3N5O3. The first-order valence-corrected chi connectivity index (χ1v) is 9.77. The number of benzene rings is 1. The maximum Gasteiger partial charge on any atom is 0.471 e. The van der Waals surface area contributed by atoms with Crippen LogP contribution in [-0.2, 0) is 19.9 Å². The van der Waals surface area contributed by atoms with Crippen molar-refractivity contribution in [1.82, 2.24) is 10.2 Å². The predicted octanol–water partition coefficient (Wildman–Crippen LogP) is 1.05. The van der Waals surface area contributed by atoms with Crippen LogP contribution in [0.15, 0.2) is 35.3 Å². The summed E-state index contributed by atoms with van der Waals surface area (Å²) in [6.07, 6.45) is -2.99. The molecule has 1 aromatic carbocycles. The second-order valence-electron chi connectivity index (χ2n) is 7.55. The van der Waals surface area contributed by atoms with Gasteiger partial charge in [0, 0.05) is 25.0 Å². The molecule has 1 aliphatic heterocycles. The molecule has 1 aliphatic rings. The van der Waals surface area contributed by atoms with Crippen molar-refractivity contribution in [2.75, 3.05) is 13.1 Å². The summed E-state index contributed by atoms with van der Waals surface area (Å²) >= 11 is 0. The topological polar surface area (TPSA) is 131 Å². The van der Waals surface area contributed by atoms with Gasteiger partial charge in [0.15, 0.2) is 5.96 Å². The van der Waals surface area contributed by atoms with Gasteiger partial charge in [-0.2, -0.15) is 13.2 Å². The standard InChI is InChI=1S/C20H26F3N5O3/c1-19(14-7-3-2-4-8-14,27-16(30)20(21,22)23)17(31)28-11-9-15(28)13(12-29)6-5-10-26-18(24)25/h2-4,7-8,12-13,15H,5-6,9-11H2,1H3,(H,27,30)(H4,24,25,26)/t13-,15+,19-/m1/s1. The number of alkyl halides is 3. The number of rotatable bonds is 9. The van der Waals surface area contributed by atoms with Gasteiger partial charge in [0.1, 0.15) is 11.8 Å².